The maximum atomic E-state index is 12.9. The normalized spacial score (nSPS) is 10.1. The van der Waals surface area contributed by atoms with E-state index in [1.807, 2.05) is 0 Å². The van der Waals surface area contributed by atoms with E-state index in [0.29, 0.717) is 16.0 Å². The summed E-state index contributed by atoms with van der Waals surface area (Å²) in [6.45, 7) is 0. The molecule has 0 aliphatic rings. The smallest absolute Gasteiger partial charge is 0.356 e. The van der Waals surface area contributed by atoms with Gasteiger partial charge in [-0.2, -0.15) is 0 Å². The van der Waals surface area contributed by atoms with Crippen molar-refractivity contribution < 1.29 is 18.7 Å². The van der Waals surface area contributed by atoms with E-state index in [0.717, 1.165) is 0 Å². The van der Waals surface area contributed by atoms with Crippen LogP contribution >= 0.6 is 15.9 Å². The molecule has 0 aliphatic heterocycles. The molecular weight excluding hydrogens is 317 g/mol. The molecule has 0 aliphatic carbocycles. The number of methoxy groups -OCH3 is 1. The van der Waals surface area contributed by atoms with Gasteiger partial charge in [-0.1, -0.05) is 0 Å². The van der Waals surface area contributed by atoms with Crippen molar-refractivity contribution in [2.45, 2.75) is 0 Å². The second-order valence-electron chi connectivity index (χ2n) is 3.55. The fourth-order valence-corrected chi connectivity index (χ4v) is 1.81. The summed E-state index contributed by atoms with van der Waals surface area (Å²) < 4.78 is 23.5. The van der Waals surface area contributed by atoms with Gasteiger partial charge in [0.15, 0.2) is 5.69 Å². The molecule has 1 heterocycles. The van der Waals surface area contributed by atoms with E-state index in [4.69, 9.17) is 4.74 Å². The Bertz CT molecular complexity index is 619. The molecule has 0 saturated carbocycles. The monoisotopic (exact) mass is 325 g/mol. The summed E-state index contributed by atoms with van der Waals surface area (Å²) in [5.74, 6) is -0.0843. The van der Waals surface area contributed by atoms with Crippen LogP contribution in [0.3, 0.4) is 0 Å². The Morgan fingerprint density at radius 2 is 2.11 bits per heavy atom. The first-order valence-electron chi connectivity index (χ1n) is 5.27. The maximum Gasteiger partial charge on any atom is 0.356 e. The lowest BCUT2D eigenvalue weighted by atomic mass is 10.3. The second kappa shape index (κ2) is 5.79. The third-order valence-electron chi connectivity index (χ3n) is 2.25. The van der Waals surface area contributed by atoms with Gasteiger partial charge in [-0.15, -0.1) is 0 Å². The summed E-state index contributed by atoms with van der Waals surface area (Å²) >= 11 is 3.19. The van der Waals surface area contributed by atoms with Crippen LogP contribution in [0.2, 0.25) is 0 Å². The van der Waals surface area contributed by atoms with E-state index in [-0.39, 0.29) is 11.5 Å². The molecule has 0 N–H and O–H groups in total. The summed E-state index contributed by atoms with van der Waals surface area (Å²) in [5.41, 5.74) is 0.137. The van der Waals surface area contributed by atoms with Crippen molar-refractivity contribution >= 4 is 21.9 Å². The maximum absolute atomic E-state index is 12.9. The van der Waals surface area contributed by atoms with Crippen LogP contribution in [0.1, 0.15) is 10.5 Å². The highest BCUT2D eigenvalue weighted by atomic mass is 79.9. The third kappa shape index (κ3) is 3.29. The minimum Gasteiger partial charge on any atom is -0.464 e. The van der Waals surface area contributed by atoms with Gasteiger partial charge in [0.25, 0.3) is 0 Å². The average Bonchev–Trinajstić information content (AvgIpc) is 2.41. The lowest BCUT2D eigenvalue weighted by Crippen LogP contribution is -2.03. The van der Waals surface area contributed by atoms with Gasteiger partial charge in [-0.25, -0.2) is 14.2 Å². The van der Waals surface area contributed by atoms with Crippen LogP contribution in [0, 0.1) is 5.82 Å². The standard InChI is InChI=1S/C13H9BrFNO3/c1-18-13(17)11-7-9(4-5-16-11)19-12-3-2-8(15)6-10(12)14/h2-7H,1H3. The van der Waals surface area contributed by atoms with Gasteiger partial charge in [0.1, 0.15) is 17.3 Å². The largest absolute Gasteiger partial charge is 0.464 e. The quantitative estimate of drug-likeness (QED) is 0.809. The predicted octanol–water partition coefficient (Wildman–Crippen LogP) is 3.56. The summed E-state index contributed by atoms with van der Waals surface area (Å²) in [7, 11) is 1.27. The fourth-order valence-electron chi connectivity index (χ4n) is 1.38. The minimum atomic E-state index is -0.552. The molecule has 0 saturated heterocycles. The molecule has 1 aromatic heterocycles. The lowest BCUT2D eigenvalue weighted by Gasteiger charge is -2.08. The Balaban J connectivity index is 2.26. The molecule has 0 atom stereocenters. The molecule has 6 heteroatoms. The SMILES string of the molecule is COC(=O)c1cc(Oc2ccc(F)cc2Br)ccn1. The Labute approximate surface area is 117 Å². The van der Waals surface area contributed by atoms with Gasteiger partial charge in [0, 0.05) is 12.3 Å². The summed E-state index contributed by atoms with van der Waals surface area (Å²) in [6, 6.07) is 7.09. The van der Waals surface area contributed by atoms with Gasteiger partial charge in [0.05, 0.1) is 11.6 Å². The van der Waals surface area contributed by atoms with E-state index < -0.39 is 5.97 Å². The van der Waals surface area contributed by atoms with Crippen LogP contribution in [0.5, 0.6) is 11.5 Å². The number of pyridine rings is 1. The second-order valence-corrected chi connectivity index (χ2v) is 4.40. The van der Waals surface area contributed by atoms with E-state index in [2.05, 4.69) is 25.7 Å². The zero-order valence-electron chi connectivity index (χ0n) is 9.89. The number of benzene rings is 1. The number of esters is 1. The Kier molecular flexibility index (Phi) is 4.11. The molecule has 1 aromatic carbocycles. The van der Waals surface area contributed by atoms with E-state index >= 15 is 0 Å². The van der Waals surface area contributed by atoms with Crippen molar-refractivity contribution in [2.75, 3.05) is 7.11 Å². The molecule has 0 spiro atoms. The number of carbonyl (C=O) groups excluding carboxylic acids is 1. The molecule has 0 unspecified atom stereocenters. The van der Waals surface area contributed by atoms with Crippen molar-refractivity contribution in [3.8, 4) is 11.5 Å². The number of aromatic nitrogens is 1. The zero-order chi connectivity index (χ0) is 13.8. The van der Waals surface area contributed by atoms with Crippen LogP contribution < -0.4 is 4.74 Å². The van der Waals surface area contributed by atoms with Crippen LogP contribution in [-0.2, 0) is 4.74 Å². The molecule has 19 heavy (non-hydrogen) atoms. The van der Waals surface area contributed by atoms with Gasteiger partial charge >= 0.3 is 5.97 Å². The fraction of sp³-hybridized carbons (Fsp3) is 0.0769. The number of hydrogen-bond acceptors (Lipinski definition) is 4. The highest BCUT2D eigenvalue weighted by Crippen LogP contribution is 2.30. The molecule has 0 radical (unpaired) electrons. The Hall–Kier alpha value is -1.95. The molecular formula is C13H9BrFNO3. The summed E-state index contributed by atoms with van der Waals surface area (Å²) in [6.07, 6.45) is 1.43. The summed E-state index contributed by atoms with van der Waals surface area (Å²) in [4.78, 5) is 15.2. The van der Waals surface area contributed by atoms with Crippen LogP contribution in [-0.4, -0.2) is 18.1 Å². The number of nitrogens with zero attached hydrogens (tertiary/aromatic N) is 1. The Morgan fingerprint density at radius 3 is 2.79 bits per heavy atom. The number of hydrogen-bond donors (Lipinski definition) is 0. The first-order chi connectivity index (χ1) is 9.10. The van der Waals surface area contributed by atoms with Gasteiger partial charge in [-0.05, 0) is 40.2 Å². The van der Waals surface area contributed by atoms with Crippen molar-refractivity contribution in [1.29, 1.82) is 0 Å². The summed E-state index contributed by atoms with van der Waals surface area (Å²) in [5, 5.41) is 0. The van der Waals surface area contributed by atoms with Gasteiger partial charge < -0.3 is 9.47 Å². The van der Waals surface area contributed by atoms with Crippen LogP contribution in [0.25, 0.3) is 0 Å². The predicted molar refractivity (Wildman–Crippen MR) is 69.8 cm³/mol. The first kappa shape index (κ1) is 13.5. The van der Waals surface area contributed by atoms with Crippen molar-refractivity contribution in [2.24, 2.45) is 0 Å². The van der Waals surface area contributed by atoms with Crippen molar-refractivity contribution in [3.05, 3.63) is 52.5 Å². The molecule has 2 aromatic rings. The van der Waals surface area contributed by atoms with Crippen molar-refractivity contribution in [3.63, 3.8) is 0 Å². The van der Waals surface area contributed by atoms with Crippen molar-refractivity contribution in [1.82, 2.24) is 4.98 Å². The van der Waals surface area contributed by atoms with Crippen LogP contribution in [0.4, 0.5) is 4.39 Å². The zero-order valence-corrected chi connectivity index (χ0v) is 11.5. The topological polar surface area (TPSA) is 48.4 Å². The first-order valence-corrected chi connectivity index (χ1v) is 6.06. The van der Waals surface area contributed by atoms with E-state index in [1.165, 1.54) is 37.6 Å². The van der Waals surface area contributed by atoms with E-state index in [9.17, 15) is 9.18 Å². The molecule has 2 rings (SSSR count). The highest BCUT2D eigenvalue weighted by molar-refractivity contribution is 9.10. The number of carbonyl (C=O) groups is 1. The molecule has 0 bridgehead atoms. The average molecular weight is 326 g/mol. The minimum absolute atomic E-state index is 0.137. The molecule has 0 fully saturated rings. The Morgan fingerprint density at radius 1 is 1.32 bits per heavy atom. The number of rotatable bonds is 3. The highest BCUT2D eigenvalue weighted by Gasteiger charge is 2.10. The van der Waals surface area contributed by atoms with Crippen LogP contribution in [0.15, 0.2) is 41.0 Å². The lowest BCUT2D eigenvalue weighted by molar-refractivity contribution is 0.0593. The van der Waals surface area contributed by atoms with Gasteiger partial charge in [-0.3, -0.25) is 0 Å². The number of ether oxygens (including phenoxy) is 2. The number of halogens is 2. The molecule has 4 nitrogen and oxygen atoms in total. The molecule has 0 amide bonds. The van der Waals surface area contributed by atoms with Gasteiger partial charge in [0.2, 0.25) is 0 Å². The molecule has 98 valence electrons. The van der Waals surface area contributed by atoms with E-state index in [1.54, 1.807) is 6.07 Å². The third-order valence-corrected chi connectivity index (χ3v) is 2.87.